The maximum absolute atomic E-state index is 10.4. The lowest BCUT2D eigenvalue weighted by molar-refractivity contribution is 0.220. The summed E-state index contributed by atoms with van der Waals surface area (Å²) in [5.74, 6) is 0.379. The van der Waals surface area contributed by atoms with Crippen LogP contribution in [0.2, 0.25) is 0 Å². The molecular weight excluding hydrogens is 238 g/mol. The lowest BCUT2D eigenvalue weighted by Gasteiger charge is -2.17. The monoisotopic (exact) mass is 257 g/mol. The van der Waals surface area contributed by atoms with Gasteiger partial charge in [-0.05, 0) is 36.2 Å². The number of aliphatic hydroxyl groups excluding tert-OH is 1. The molecule has 0 saturated heterocycles. The summed E-state index contributed by atoms with van der Waals surface area (Å²) >= 11 is 0. The summed E-state index contributed by atoms with van der Waals surface area (Å²) < 4.78 is 0. The maximum Gasteiger partial charge on any atom is 0.129 e. The minimum atomic E-state index is -0.745. The Balaban J connectivity index is 2.36. The molecule has 1 heterocycles. The van der Waals surface area contributed by atoms with E-state index in [0.717, 1.165) is 16.8 Å². The van der Waals surface area contributed by atoms with Crippen LogP contribution in [0.3, 0.4) is 0 Å². The zero-order valence-corrected chi connectivity index (χ0v) is 11.5. The van der Waals surface area contributed by atoms with E-state index in [4.69, 9.17) is 5.73 Å². The molecule has 1 aromatic carbocycles. The quantitative estimate of drug-likeness (QED) is 0.884. The fraction of sp³-hybridized carbons (Fsp3) is 0.267. The second kappa shape index (κ2) is 5.28. The third-order valence-electron chi connectivity index (χ3n) is 3.24. The van der Waals surface area contributed by atoms with Crippen molar-refractivity contribution in [2.45, 2.75) is 13.0 Å². The zero-order valence-electron chi connectivity index (χ0n) is 11.5. The Bertz CT molecular complexity index is 544. The molecule has 0 saturated carbocycles. The van der Waals surface area contributed by atoms with Gasteiger partial charge in [-0.3, -0.25) is 0 Å². The van der Waals surface area contributed by atoms with Gasteiger partial charge in [0.25, 0.3) is 0 Å². The molecule has 1 atom stereocenters. The molecule has 4 heteroatoms. The Morgan fingerprint density at radius 1 is 1.16 bits per heavy atom. The van der Waals surface area contributed by atoms with Crippen LogP contribution in [0.15, 0.2) is 36.5 Å². The van der Waals surface area contributed by atoms with E-state index in [0.29, 0.717) is 11.4 Å². The number of anilines is 2. The van der Waals surface area contributed by atoms with Crippen molar-refractivity contribution < 1.29 is 5.11 Å². The van der Waals surface area contributed by atoms with Crippen molar-refractivity contribution in [2.75, 3.05) is 24.7 Å². The second-order valence-corrected chi connectivity index (χ2v) is 4.82. The molecule has 0 fully saturated rings. The molecule has 3 N–H and O–H groups in total. The summed E-state index contributed by atoms with van der Waals surface area (Å²) in [7, 11) is 3.96. The third kappa shape index (κ3) is 2.69. The fourth-order valence-corrected chi connectivity index (χ4v) is 2.07. The van der Waals surface area contributed by atoms with Crippen molar-refractivity contribution >= 4 is 11.5 Å². The highest BCUT2D eigenvalue weighted by molar-refractivity contribution is 5.51. The number of rotatable bonds is 3. The largest absolute Gasteiger partial charge is 0.384 e. The normalized spacial score (nSPS) is 12.2. The van der Waals surface area contributed by atoms with Gasteiger partial charge in [0, 0.05) is 31.5 Å². The van der Waals surface area contributed by atoms with Crippen LogP contribution >= 0.6 is 0 Å². The summed E-state index contributed by atoms with van der Waals surface area (Å²) in [5.41, 5.74) is 9.38. The number of aromatic nitrogens is 1. The Morgan fingerprint density at radius 3 is 2.32 bits per heavy atom. The number of nitrogen functional groups attached to an aromatic ring is 1. The van der Waals surface area contributed by atoms with Gasteiger partial charge in [0.2, 0.25) is 0 Å². The first-order chi connectivity index (χ1) is 9.00. The highest BCUT2D eigenvalue weighted by Gasteiger charge is 2.16. The Labute approximate surface area is 113 Å². The van der Waals surface area contributed by atoms with E-state index in [1.807, 2.05) is 56.3 Å². The predicted molar refractivity (Wildman–Crippen MR) is 78.2 cm³/mol. The van der Waals surface area contributed by atoms with E-state index in [9.17, 15) is 5.11 Å². The molecule has 0 bridgehead atoms. The molecule has 1 unspecified atom stereocenters. The summed E-state index contributed by atoms with van der Waals surface area (Å²) in [4.78, 5) is 6.06. The number of aryl methyl sites for hydroxylation is 1. The SMILES string of the molecule is Cc1ccnc(N)c1C(O)c1ccc(N(C)C)cc1. The number of nitrogens with zero attached hydrogens (tertiary/aromatic N) is 2. The molecule has 4 nitrogen and oxygen atoms in total. The van der Waals surface area contributed by atoms with Crippen LogP contribution in [-0.4, -0.2) is 24.2 Å². The molecule has 1 aromatic heterocycles. The first kappa shape index (κ1) is 13.4. The van der Waals surface area contributed by atoms with Crippen LogP contribution in [-0.2, 0) is 0 Å². The number of hydrogen-bond donors (Lipinski definition) is 2. The van der Waals surface area contributed by atoms with Gasteiger partial charge in [0.15, 0.2) is 0 Å². The van der Waals surface area contributed by atoms with E-state index in [2.05, 4.69) is 4.98 Å². The first-order valence-electron chi connectivity index (χ1n) is 6.17. The lowest BCUT2D eigenvalue weighted by Crippen LogP contribution is -2.10. The van der Waals surface area contributed by atoms with Crippen LogP contribution in [0.4, 0.5) is 11.5 Å². The number of benzene rings is 1. The van der Waals surface area contributed by atoms with Crippen LogP contribution in [0.25, 0.3) is 0 Å². The minimum absolute atomic E-state index is 0.379. The number of pyridine rings is 1. The topological polar surface area (TPSA) is 62.4 Å². The van der Waals surface area contributed by atoms with Gasteiger partial charge in [-0.15, -0.1) is 0 Å². The number of aliphatic hydroxyl groups is 1. The molecule has 19 heavy (non-hydrogen) atoms. The van der Waals surface area contributed by atoms with E-state index in [-0.39, 0.29) is 0 Å². The van der Waals surface area contributed by atoms with E-state index in [1.54, 1.807) is 6.20 Å². The van der Waals surface area contributed by atoms with Crippen LogP contribution in [0.5, 0.6) is 0 Å². The zero-order chi connectivity index (χ0) is 14.0. The van der Waals surface area contributed by atoms with Gasteiger partial charge < -0.3 is 15.7 Å². The summed E-state index contributed by atoms with van der Waals surface area (Å²) in [6.45, 7) is 1.92. The van der Waals surface area contributed by atoms with Gasteiger partial charge >= 0.3 is 0 Å². The van der Waals surface area contributed by atoms with Crippen molar-refractivity contribution in [3.8, 4) is 0 Å². The number of nitrogens with two attached hydrogens (primary N) is 1. The summed E-state index contributed by atoms with van der Waals surface area (Å²) in [6.07, 6.45) is 0.903. The molecule has 0 radical (unpaired) electrons. The second-order valence-electron chi connectivity index (χ2n) is 4.82. The van der Waals surface area contributed by atoms with Crippen molar-refractivity contribution in [2.24, 2.45) is 0 Å². The Kier molecular flexibility index (Phi) is 3.71. The van der Waals surface area contributed by atoms with Crippen molar-refractivity contribution in [3.63, 3.8) is 0 Å². The van der Waals surface area contributed by atoms with Crippen molar-refractivity contribution in [1.82, 2.24) is 4.98 Å². The van der Waals surface area contributed by atoms with Gasteiger partial charge in [0.1, 0.15) is 11.9 Å². The highest BCUT2D eigenvalue weighted by Crippen LogP contribution is 2.29. The molecule has 2 aromatic rings. The van der Waals surface area contributed by atoms with E-state index >= 15 is 0 Å². The highest BCUT2D eigenvalue weighted by atomic mass is 16.3. The molecule has 0 spiro atoms. The Hall–Kier alpha value is -2.07. The molecule has 0 amide bonds. The van der Waals surface area contributed by atoms with Crippen molar-refractivity contribution in [3.05, 3.63) is 53.2 Å². The van der Waals surface area contributed by atoms with Gasteiger partial charge in [-0.1, -0.05) is 12.1 Å². The van der Waals surface area contributed by atoms with E-state index < -0.39 is 6.10 Å². The average Bonchev–Trinajstić information content (AvgIpc) is 2.38. The molecule has 0 aliphatic rings. The molecular formula is C15H19N3O. The first-order valence-corrected chi connectivity index (χ1v) is 6.17. The van der Waals surface area contributed by atoms with Crippen LogP contribution < -0.4 is 10.6 Å². The van der Waals surface area contributed by atoms with Gasteiger partial charge in [0.05, 0.1) is 0 Å². The predicted octanol–water partition coefficient (Wildman–Crippen LogP) is 2.12. The lowest BCUT2D eigenvalue weighted by atomic mass is 9.98. The summed E-state index contributed by atoms with van der Waals surface area (Å²) in [6, 6.07) is 9.61. The standard InChI is InChI=1S/C15H19N3O/c1-10-8-9-17-15(16)13(10)14(19)11-4-6-12(7-5-11)18(2)3/h4-9,14,19H,1-3H3,(H2,16,17). The van der Waals surface area contributed by atoms with E-state index in [1.165, 1.54) is 0 Å². The molecule has 2 rings (SSSR count). The Morgan fingerprint density at radius 2 is 1.79 bits per heavy atom. The van der Waals surface area contributed by atoms with Crippen LogP contribution in [0.1, 0.15) is 22.8 Å². The number of hydrogen-bond acceptors (Lipinski definition) is 4. The summed E-state index contributed by atoms with van der Waals surface area (Å²) in [5, 5.41) is 10.4. The fourth-order valence-electron chi connectivity index (χ4n) is 2.07. The minimum Gasteiger partial charge on any atom is -0.384 e. The average molecular weight is 257 g/mol. The third-order valence-corrected chi connectivity index (χ3v) is 3.24. The molecule has 100 valence electrons. The van der Waals surface area contributed by atoms with Crippen LogP contribution in [0, 0.1) is 6.92 Å². The van der Waals surface area contributed by atoms with Gasteiger partial charge in [-0.2, -0.15) is 0 Å². The maximum atomic E-state index is 10.4. The molecule has 0 aliphatic heterocycles. The smallest absolute Gasteiger partial charge is 0.129 e. The van der Waals surface area contributed by atoms with Gasteiger partial charge in [-0.25, -0.2) is 4.98 Å². The van der Waals surface area contributed by atoms with Crippen molar-refractivity contribution in [1.29, 1.82) is 0 Å². The molecule has 0 aliphatic carbocycles.